The minimum absolute atomic E-state index is 0.0428. The van der Waals surface area contributed by atoms with E-state index in [1.165, 1.54) is 52.0 Å². The smallest absolute Gasteiger partial charge is 0.360 e. The Morgan fingerprint density at radius 1 is 1.34 bits per heavy atom. The first-order chi connectivity index (χ1) is 15.4. The summed E-state index contributed by atoms with van der Waals surface area (Å²) in [4.78, 5) is 28.1. The second kappa shape index (κ2) is 14.6. The molecule has 1 saturated carbocycles. The average Bonchev–Trinajstić information content (AvgIpc) is 2.78. The Labute approximate surface area is 192 Å². The van der Waals surface area contributed by atoms with E-state index in [1.54, 1.807) is 10.6 Å². The predicted octanol–water partition coefficient (Wildman–Crippen LogP) is 5.81. The molecule has 1 aromatic carbocycles. The summed E-state index contributed by atoms with van der Waals surface area (Å²) in [5.41, 5.74) is 4.87. The molecule has 0 aliphatic heterocycles. The molecule has 0 amide bonds. The molecule has 1 heterocycles. The largest absolute Gasteiger partial charge is 0.476 e. The van der Waals surface area contributed by atoms with Gasteiger partial charge in [-0.15, -0.1) is 6.58 Å². The zero-order valence-corrected chi connectivity index (χ0v) is 20.2. The number of unbranched alkanes of at least 4 members (excludes halogenated alkanes) is 2. The van der Waals surface area contributed by atoms with Crippen LogP contribution in [-0.4, -0.2) is 27.7 Å². The third kappa shape index (κ3) is 7.90. The van der Waals surface area contributed by atoms with Crippen LogP contribution in [0.5, 0.6) is 0 Å². The molecule has 6 nitrogen and oxygen atoms in total. The number of carbonyl (C=O) groups is 1. The molecule has 3 rings (SSSR count). The fraction of sp³-hybridized carbons (Fsp3) is 0.577. The van der Waals surface area contributed by atoms with Gasteiger partial charge in [-0.1, -0.05) is 64.2 Å². The van der Waals surface area contributed by atoms with E-state index in [2.05, 4.69) is 31.1 Å². The molecule has 3 N–H and O–H groups in total. The van der Waals surface area contributed by atoms with Crippen molar-refractivity contribution in [2.45, 2.75) is 78.2 Å². The number of aromatic nitrogens is 2. The van der Waals surface area contributed by atoms with Gasteiger partial charge in [0.25, 0.3) is 5.56 Å². The number of para-hydroxylation sites is 2. The van der Waals surface area contributed by atoms with E-state index in [0.717, 1.165) is 12.3 Å². The molecule has 0 bridgehead atoms. The minimum atomic E-state index is -1.27. The van der Waals surface area contributed by atoms with E-state index in [-0.39, 0.29) is 6.04 Å². The predicted molar refractivity (Wildman–Crippen MR) is 133 cm³/mol. The highest BCUT2D eigenvalue weighted by Gasteiger charge is 2.24. The van der Waals surface area contributed by atoms with Crippen molar-refractivity contribution in [3.05, 3.63) is 53.0 Å². The van der Waals surface area contributed by atoms with E-state index >= 15 is 0 Å². The zero-order chi connectivity index (χ0) is 24.1. The van der Waals surface area contributed by atoms with Crippen LogP contribution in [0.25, 0.3) is 11.0 Å². The maximum absolute atomic E-state index is 12.7. The van der Waals surface area contributed by atoms with Crippen molar-refractivity contribution in [3.63, 3.8) is 0 Å². The number of hydrogen-bond donors (Lipinski definition) is 2. The molecule has 1 aliphatic carbocycles. The maximum Gasteiger partial charge on any atom is 0.360 e. The van der Waals surface area contributed by atoms with Gasteiger partial charge in [0.05, 0.1) is 11.0 Å². The van der Waals surface area contributed by atoms with Crippen molar-refractivity contribution < 1.29 is 9.90 Å². The number of hydrogen-bond acceptors (Lipinski definition) is 4. The fourth-order valence-electron chi connectivity index (χ4n) is 4.44. The van der Waals surface area contributed by atoms with E-state index in [1.807, 2.05) is 31.2 Å². The number of benzene rings is 1. The number of rotatable bonds is 7. The van der Waals surface area contributed by atoms with E-state index in [9.17, 15) is 14.7 Å². The van der Waals surface area contributed by atoms with Crippen LogP contribution < -0.4 is 11.3 Å². The SMILES string of the molecule is C=CCCCC.CN.C[C@H]1CCC[C@@H](C[C@H](C)n2c(=O)c(C(=O)O)nc3ccccc32)C1. The standard InChI is InChI=1S/C19H24N2O3.C6H12.CH5N/c1-12-6-5-7-14(10-12)11-13(2)21-16-9-4-3-8-15(16)20-17(18(21)22)19(23)24;1-3-5-6-4-2;1-2/h3-4,8-9,12-14H,5-7,10-11H2,1-2H3,(H,23,24);3H,1,4-6H2,2H3;2H2,1H3/t12-,13-,14+;;/m0../s1. The highest BCUT2D eigenvalue weighted by atomic mass is 16.4. The lowest BCUT2D eigenvalue weighted by atomic mass is 9.79. The highest BCUT2D eigenvalue weighted by Crippen LogP contribution is 2.34. The van der Waals surface area contributed by atoms with Crippen LogP contribution in [0.15, 0.2) is 41.7 Å². The van der Waals surface area contributed by atoms with Gasteiger partial charge in [-0.05, 0) is 57.2 Å². The maximum atomic E-state index is 12.7. The first-order valence-electron chi connectivity index (χ1n) is 11.8. The Kier molecular flexibility index (Phi) is 12.5. The summed E-state index contributed by atoms with van der Waals surface area (Å²) < 4.78 is 1.63. The summed E-state index contributed by atoms with van der Waals surface area (Å²) >= 11 is 0. The molecule has 178 valence electrons. The Bertz CT molecular complexity index is 907. The van der Waals surface area contributed by atoms with Gasteiger partial charge in [0.2, 0.25) is 5.69 Å². The molecule has 6 heteroatoms. The van der Waals surface area contributed by atoms with Crippen molar-refractivity contribution in [1.29, 1.82) is 0 Å². The molecule has 0 radical (unpaired) electrons. The average molecular weight is 444 g/mol. The van der Waals surface area contributed by atoms with Gasteiger partial charge >= 0.3 is 5.97 Å². The summed E-state index contributed by atoms with van der Waals surface area (Å²) in [6, 6.07) is 7.22. The van der Waals surface area contributed by atoms with Crippen molar-refractivity contribution >= 4 is 17.0 Å². The molecule has 2 aromatic rings. The number of aromatic carboxylic acids is 1. The van der Waals surface area contributed by atoms with Crippen LogP contribution in [-0.2, 0) is 0 Å². The number of carboxylic acids is 1. The number of fused-ring (bicyclic) bond motifs is 1. The first kappa shape index (κ1) is 27.6. The van der Waals surface area contributed by atoms with Crippen molar-refractivity contribution in [1.82, 2.24) is 9.55 Å². The lowest BCUT2D eigenvalue weighted by molar-refractivity contribution is 0.0688. The second-order valence-corrected chi connectivity index (χ2v) is 8.58. The lowest BCUT2D eigenvalue weighted by Crippen LogP contribution is -2.31. The van der Waals surface area contributed by atoms with Gasteiger partial charge in [0.15, 0.2) is 0 Å². The number of carboxylic acid groups (broad SMARTS) is 1. The molecular formula is C26H41N3O3. The van der Waals surface area contributed by atoms with Crippen LogP contribution in [0.2, 0.25) is 0 Å². The Morgan fingerprint density at radius 3 is 2.59 bits per heavy atom. The first-order valence-corrected chi connectivity index (χ1v) is 11.8. The van der Waals surface area contributed by atoms with Crippen LogP contribution in [0.3, 0.4) is 0 Å². The molecule has 32 heavy (non-hydrogen) atoms. The van der Waals surface area contributed by atoms with E-state index < -0.39 is 17.2 Å². The summed E-state index contributed by atoms with van der Waals surface area (Å²) in [5, 5.41) is 9.31. The van der Waals surface area contributed by atoms with Crippen molar-refractivity contribution in [2.24, 2.45) is 17.6 Å². The van der Waals surface area contributed by atoms with Crippen molar-refractivity contribution in [3.8, 4) is 0 Å². The number of nitrogens with zero attached hydrogens (tertiary/aromatic N) is 2. The normalized spacial score (nSPS) is 18.5. The van der Waals surface area contributed by atoms with E-state index in [0.29, 0.717) is 17.0 Å². The molecule has 3 atom stereocenters. The number of allylic oxidation sites excluding steroid dienone is 1. The second-order valence-electron chi connectivity index (χ2n) is 8.58. The summed E-state index contributed by atoms with van der Waals surface area (Å²) in [6.07, 6.45) is 11.5. The summed E-state index contributed by atoms with van der Waals surface area (Å²) in [7, 11) is 1.50. The van der Waals surface area contributed by atoms with Gasteiger partial charge in [0.1, 0.15) is 0 Å². The van der Waals surface area contributed by atoms with Crippen LogP contribution in [0, 0.1) is 11.8 Å². The van der Waals surface area contributed by atoms with Gasteiger partial charge in [-0.3, -0.25) is 4.79 Å². The monoisotopic (exact) mass is 443 g/mol. The van der Waals surface area contributed by atoms with Gasteiger partial charge in [-0.25, -0.2) is 9.78 Å². The number of nitrogens with two attached hydrogens (primary N) is 1. The molecule has 0 saturated heterocycles. The molecule has 1 fully saturated rings. The quantitative estimate of drug-likeness (QED) is 0.416. The highest BCUT2D eigenvalue weighted by molar-refractivity contribution is 5.88. The van der Waals surface area contributed by atoms with E-state index in [4.69, 9.17) is 0 Å². The van der Waals surface area contributed by atoms with Gasteiger partial charge < -0.3 is 15.4 Å². The van der Waals surface area contributed by atoms with Crippen LogP contribution in [0.4, 0.5) is 0 Å². The van der Waals surface area contributed by atoms with Crippen LogP contribution >= 0.6 is 0 Å². The summed E-state index contributed by atoms with van der Waals surface area (Å²) in [6.45, 7) is 10.1. The molecular weight excluding hydrogens is 402 g/mol. The Hall–Kier alpha value is -2.47. The Balaban J connectivity index is 0.000000556. The lowest BCUT2D eigenvalue weighted by Gasteiger charge is -2.29. The molecule has 0 unspecified atom stereocenters. The third-order valence-corrected chi connectivity index (χ3v) is 5.92. The molecule has 1 aliphatic rings. The van der Waals surface area contributed by atoms with Gasteiger partial charge in [-0.2, -0.15) is 0 Å². The molecule has 0 spiro atoms. The van der Waals surface area contributed by atoms with Gasteiger partial charge in [0, 0.05) is 6.04 Å². The molecule has 1 aromatic heterocycles. The minimum Gasteiger partial charge on any atom is -0.476 e. The topological polar surface area (TPSA) is 98.2 Å². The zero-order valence-electron chi connectivity index (χ0n) is 20.2. The fourth-order valence-corrected chi connectivity index (χ4v) is 4.44. The van der Waals surface area contributed by atoms with Crippen molar-refractivity contribution in [2.75, 3.05) is 7.05 Å². The third-order valence-electron chi connectivity index (χ3n) is 5.92. The summed E-state index contributed by atoms with van der Waals surface area (Å²) in [5.74, 6) is 0.0604. The van der Waals surface area contributed by atoms with Crippen LogP contribution in [0.1, 0.15) is 88.7 Å². The Morgan fingerprint density at radius 2 is 2.03 bits per heavy atom.